The number of aryl methyl sites for hydroxylation is 2. The molecule has 0 unspecified atom stereocenters. The SMILES string of the molecule is CCCCN(Cc1cccc2c1OCO2)C(=O)c1cc(C)n(C)n1. The lowest BCUT2D eigenvalue weighted by atomic mass is 10.1. The maximum absolute atomic E-state index is 12.9. The van der Waals surface area contributed by atoms with Crippen LogP contribution in [0, 0.1) is 6.92 Å². The van der Waals surface area contributed by atoms with Gasteiger partial charge in [-0.2, -0.15) is 5.10 Å². The van der Waals surface area contributed by atoms with Crippen LogP contribution in [0.25, 0.3) is 0 Å². The Morgan fingerprint density at radius 2 is 2.21 bits per heavy atom. The van der Waals surface area contributed by atoms with Crippen LogP contribution in [-0.4, -0.2) is 33.9 Å². The predicted octanol–water partition coefficient (Wildman–Crippen LogP) is 2.90. The van der Waals surface area contributed by atoms with E-state index in [9.17, 15) is 4.79 Å². The zero-order chi connectivity index (χ0) is 17.1. The van der Waals surface area contributed by atoms with Crippen LogP contribution in [0.2, 0.25) is 0 Å². The zero-order valence-electron chi connectivity index (χ0n) is 14.4. The molecule has 0 aliphatic carbocycles. The molecule has 0 fully saturated rings. The van der Waals surface area contributed by atoms with E-state index in [-0.39, 0.29) is 12.7 Å². The first-order chi connectivity index (χ1) is 11.6. The van der Waals surface area contributed by atoms with Crippen LogP contribution in [0.4, 0.5) is 0 Å². The van der Waals surface area contributed by atoms with Crippen LogP contribution in [0.5, 0.6) is 11.5 Å². The summed E-state index contributed by atoms with van der Waals surface area (Å²) >= 11 is 0. The second kappa shape index (κ2) is 6.95. The summed E-state index contributed by atoms with van der Waals surface area (Å²) < 4.78 is 12.7. The number of rotatable bonds is 6. The molecule has 0 bridgehead atoms. The van der Waals surface area contributed by atoms with E-state index in [2.05, 4.69) is 12.0 Å². The molecule has 128 valence electrons. The van der Waals surface area contributed by atoms with Crippen LogP contribution in [0.15, 0.2) is 24.3 Å². The molecule has 1 aliphatic rings. The summed E-state index contributed by atoms with van der Waals surface area (Å²) in [6.07, 6.45) is 1.97. The molecule has 1 aromatic carbocycles. The molecule has 1 aromatic heterocycles. The molecule has 2 aromatic rings. The minimum atomic E-state index is -0.0522. The molecule has 0 saturated heterocycles. The highest BCUT2D eigenvalue weighted by molar-refractivity contribution is 5.92. The van der Waals surface area contributed by atoms with Gasteiger partial charge in [0.2, 0.25) is 6.79 Å². The topological polar surface area (TPSA) is 56.6 Å². The molecule has 0 spiro atoms. The van der Waals surface area contributed by atoms with Crippen molar-refractivity contribution < 1.29 is 14.3 Å². The number of hydrogen-bond acceptors (Lipinski definition) is 4. The molecule has 24 heavy (non-hydrogen) atoms. The first-order valence-corrected chi connectivity index (χ1v) is 8.27. The third-order valence-corrected chi connectivity index (χ3v) is 4.24. The zero-order valence-corrected chi connectivity index (χ0v) is 14.4. The Hall–Kier alpha value is -2.50. The fourth-order valence-corrected chi connectivity index (χ4v) is 2.75. The summed E-state index contributed by atoms with van der Waals surface area (Å²) in [6, 6.07) is 7.61. The minimum absolute atomic E-state index is 0.0522. The van der Waals surface area contributed by atoms with Gasteiger partial charge in [-0.25, -0.2) is 0 Å². The lowest BCUT2D eigenvalue weighted by Gasteiger charge is -2.22. The molecule has 1 amide bonds. The molecule has 0 radical (unpaired) electrons. The Morgan fingerprint density at radius 3 is 2.92 bits per heavy atom. The fraction of sp³-hybridized carbons (Fsp3) is 0.444. The lowest BCUT2D eigenvalue weighted by Crippen LogP contribution is -2.32. The van der Waals surface area contributed by atoms with Gasteiger partial charge in [-0.3, -0.25) is 9.48 Å². The van der Waals surface area contributed by atoms with Crippen LogP contribution >= 0.6 is 0 Å². The number of unbranched alkanes of at least 4 members (excludes halogenated alkanes) is 1. The minimum Gasteiger partial charge on any atom is -0.454 e. The average Bonchev–Trinajstić information content (AvgIpc) is 3.18. The molecule has 3 rings (SSSR count). The second-order valence-corrected chi connectivity index (χ2v) is 6.03. The maximum atomic E-state index is 12.9. The monoisotopic (exact) mass is 329 g/mol. The number of para-hydroxylation sites is 1. The number of fused-ring (bicyclic) bond motifs is 1. The number of aromatic nitrogens is 2. The van der Waals surface area contributed by atoms with E-state index < -0.39 is 0 Å². The molecule has 0 N–H and O–H groups in total. The van der Waals surface area contributed by atoms with E-state index in [0.29, 0.717) is 18.8 Å². The third kappa shape index (κ3) is 3.22. The Labute approximate surface area is 142 Å². The van der Waals surface area contributed by atoms with E-state index >= 15 is 0 Å². The standard InChI is InChI=1S/C18H23N3O3/c1-4-5-9-21(18(22)15-10-13(2)20(3)19-15)11-14-7-6-8-16-17(14)24-12-23-16/h6-8,10H,4-5,9,11-12H2,1-3H3. The van der Waals surface area contributed by atoms with Gasteiger partial charge in [0.15, 0.2) is 17.2 Å². The smallest absolute Gasteiger partial charge is 0.274 e. The van der Waals surface area contributed by atoms with Crippen LogP contribution in [0.3, 0.4) is 0 Å². The Bertz CT molecular complexity index is 720. The molecule has 0 saturated carbocycles. The molecular weight excluding hydrogens is 306 g/mol. The highest BCUT2D eigenvalue weighted by Gasteiger charge is 2.23. The van der Waals surface area contributed by atoms with Crippen molar-refractivity contribution >= 4 is 5.91 Å². The average molecular weight is 329 g/mol. The number of nitrogens with zero attached hydrogens (tertiary/aromatic N) is 3. The third-order valence-electron chi connectivity index (χ3n) is 4.24. The summed E-state index contributed by atoms with van der Waals surface area (Å²) in [5.74, 6) is 1.43. The van der Waals surface area contributed by atoms with Gasteiger partial charge < -0.3 is 14.4 Å². The van der Waals surface area contributed by atoms with Crippen molar-refractivity contribution in [2.24, 2.45) is 7.05 Å². The first-order valence-electron chi connectivity index (χ1n) is 8.27. The Kier molecular flexibility index (Phi) is 4.74. The van der Waals surface area contributed by atoms with Gasteiger partial charge in [-0.1, -0.05) is 25.5 Å². The normalized spacial score (nSPS) is 12.5. The van der Waals surface area contributed by atoms with E-state index in [4.69, 9.17) is 9.47 Å². The van der Waals surface area contributed by atoms with Gasteiger partial charge in [-0.15, -0.1) is 0 Å². The quantitative estimate of drug-likeness (QED) is 0.818. The number of carbonyl (C=O) groups is 1. The largest absolute Gasteiger partial charge is 0.454 e. The van der Waals surface area contributed by atoms with Crippen LogP contribution < -0.4 is 9.47 Å². The summed E-state index contributed by atoms with van der Waals surface area (Å²) in [7, 11) is 1.84. The summed E-state index contributed by atoms with van der Waals surface area (Å²) in [5.41, 5.74) is 2.41. The van der Waals surface area contributed by atoms with Crippen molar-refractivity contribution in [2.75, 3.05) is 13.3 Å². The van der Waals surface area contributed by atoms with Gasteiger partial charge in [0.05, 0.1) is 0 Å². The summed E-state index contributed by atoms with van der Waals surface area (Å²) in [6.45, 7) is 5.46. The number of benzene rings is 1. The Morgan fingerprint density at radius 1 is 1.38 bits per heavy atom. The van der Waals surface area contributed by atoms with Gasteiger partial charge in [-0.05, 0) is 25.5 Å². The molecule has 2 heterocycles. The second-order valence-electron chi connectivity index (χ2n) is 6.03. The molecule has 6 nitrogen and oxygen atoms in total. The van der Waals surface area contributed by atoms with Crippen LogP contribution in [-0.2, 0) is 13.6 Å². The predicted molar refractivity (Wildman–Crippen MR) is 90.2 cm³/mol. The van der Waals surface area contributed by atoms with Crippen molar-refractivity contribution in [3.63, 3.8) is 0 Å². The number of ether oxygens (including phenoxy) is 2. The Balaban J connectivity index is 1.84. The van der Waals surface area contributed by atoms with E-state index in [1.54, 1.807) is 4.68 Å². The van der Waals surface area contributed by atoms with Crippen molar-refractivity contribution in [2.45, 2.75) is 33.2 Å². The fourth-order valence-electron chi connectivity index (χ4n) is 2.75. The van der Waals surface area contributed by atoms with Gasteiger partial charge in [0.25, 0.3) is 5.91 Å². The number of carbonyl (C=O) groups excluding carboxylic acids is 1. The van der Waals surface area contributed by atoms with Crippen molar-refractivity contribution in [1.82, 2.24) is 14.7 Å². The van der Waals surface area contributed by atoms with E-state index in [1.807, 2.05) is 43.1 Å². The van der Waals surface area contributed by atoms with Crippen molar-refractivity contribution in [3.8, 4) is 11.5 Å². The van der Waals surface area contributed by atoms with E-state index in [0.717, 1.165) is 35.6 Å². The number of hydrogen-bond donors (Lipinski definition) is 0. The van der Waals surface area contributed by atoms with Gasteiger partial charge in [0, 0.05) is 31.4 Å². The highest BCUT2D eigenvalue weighted by atomic mass is 16.7. The summed E-state index contributed by atoms with van der Waals surface area (Å²) in [4.78, 5) is 14.7. The lowest BCUT2D eigenvalue weighted by molar-refractivity contribution is 0.0732. The van der Waals surface area contributed by atoms with Crippen LogP contribution in [0.1, 0.15) is 41.5 Å². The molecule has 0 atom stereocenters. The highest BCUT2D eigenvalue weighted by Crippen LogP contribution is 2.36. The summed E-state index contributed by atoms with van der Waals surface area (Å²) in [5, 5.41) is 4.32. The van der Waals surface area contributed by atoms with Gasteiger partial charge in [0.1, 0.15) is 0 Å². The van der Waals surface area contributed by atoms with Gasteiger partial charge >= 0.3 is 0 Å². The molecule has 1 aliphatic heterocycles. The first kappa shape index (κ1) is 16.4. The van der Waals surface area contributed by atoms with Crippen molar-refractivity contribution in [1.29, 1.82) is 0 Å². The molecular formula is C18H23N3O3. The van der Waals surface area contributed by atoms with E-state index in [1.165, 1.54) is 0 Å². The van der Waals surface area contributed by atoms with Crippen molar-refractivity contribution in [3.05, 3.63) is 41.2 Å². The maximum Gasteiger partial charge on any atom is 0.274 e. The molecule has 6 heteroatoms. The number of amides is 1.